The zero-order chi connectivity index (χ0) is 17.9. The van der Waals surface area contributed by atoms with Gasteiger partial charge >= 0.3 is 11.6 Å². The number of hydrogen-bond donors (Lipinski definition) is 0. The molecule has 0 aliphatic heterocycles. The van der Waals surface area contributed by atoms with Crippen LogP contribution in [-0.4, -0.2) is 10.3 Å². The fourth-order valence-electron chi connectivity index (χ4n) is 2.37. The summed E-state index contributed by atoms with van der Waals surface area (Å²) in [6.45, 7) is 0. The third-order valence-corrected chi connectivity index (χ3v) is 3.53. The van der Waals surface area contributed by atoms with E-state index in [1.165, 1.54) is 0 Å². The minimum atomic E-state index is -0.0503. The van der Waals surface area contributed by atoms with Crippen molar-refractivity contribution >= 4 is 11.6 Å². The molecule has 0 bridgehead atoms. The van der Waals surface area contributed by atoms with Crippen LogP contribution < -0.4 is 9.81 Å². The maximum atomic E-state index is 11.8. The Morgan fingerprint density at radius 3 is 1.42 bits per heavy atom. The Hall–Kier alpha value is -4.08. The van der Waals surface area contributed by atoms with Crippen LogP contribution in [0.4, 0.5) is 11.6 Å². The van der Waals surface area contributed by atoms with Crippen LogP contribution in [0, 0.1) is 10.4 Å². The zero-order valence-corrected chi connectivity index (χ0v) is 13.1. The molecule has 0 radical (unpaired) electrons. The van der Waals surface area contributed by atoms with Crippen molar-refractivity contribution in [2.24, 2.45) is 10.2 Å². The lowest BCUT2D eigenvalue weighted by Gasteiger charge is -1.96. The van der Waals surface area contributed by atoms with E-state index in [4.69, 9.17) is 0 Å². The fraction of sp³-hybridized carbons (Fsp3) is 0. The van der Waals surface area contributed by atoms with E-state index in [-0.39, 0.29) is 32.8 Å². The predicted molar refractivity (Wildman–Crippen MR) is 86.0 cm³/mol. The van der Waals surface area contributed by atoms with Crippen molar-refractivity contribution in [3.63, 3.8) is 0 Å². The molecule has 0 aliphatic rings. The zero-order valence-electron chi connectivity index (χ0n) is 13.1. The first-order valence-corrected chi connectivity index (χ1v) is 7.46. The topological polar surface area (TPSA) is 131 Å². The van der Waals surface area contributed by atoms with Crippen LogP contribution in [0.2, 0.25) is 0 Å². The lowest BCUT2D eigenvalue weighted by molar-refractivity contribution is -0.793. The summed E-state index contributed by atoms with van der Waals surface area (Å²) in [5.41, 5.74) is 1.29. The van der Waals surface area contributed by atoms with E-state index in [0.717, 1.165) is 0 Å². The molecular formula is C16H10N6O4. The van der Waals surface area contributed by atoms with Gasteiger partial charge in [-0.1, -0.05) is 70.9 Å². The molecule has 4 rings (SSSR count). The Labute approximate surface area is 145 Å². The van der Waals surface area contributed by atoms with E-state index < -0.39 is 0 Å². The van der Waals surface area contributed by atoms with Crippen molar-refractivity contribution in [3.8, 4) is 22.5 Å². The molecule has 0 amide bonds. The molecule has 26 heavy (non-hydrogen) atoms. The molecule has 0 aliphatic carbocycles. The number of nitrogens with zero attached hydrogens (tertiary/aromatic N) is 6. The molecule has 10 heteroatoms. The van der Waals surface area contributed by atoms with E-state index >= 15 is 0 Å². The van der Waals surface area contributed by atoms with Crippen LogP contribution in [0.3, 0.4) is 0 Å². The van der Waals surface area contributed by atoms with Gasteiger partial charge in [-0.15, -0.1) is 0 Å². The normalized spacial score (nSPS) is 11.2. The van der Waals surface area contributed by atoms with E-state index in [1.54, 1.807) is 48.5 Å². The highest BCUT2D eigenvalue weighted by Crippen LogP contribution is 2.29. The Bertz CT molecular complexity index is 973. The van der Waals surface area contributed by atoms with Gasteiger partial charge in [0.15, 0.2) is 0 Å². The van der Waals surface area contributed by atoms with Crippen LogP contribution in [0.25, 0.3) is 22.5 Å². The van der Waals surface area contributed by atoms with Crippen LogP contribution in [0.5, 0.6) is 0 Å². The van der Waals surface area contributed by atoms with E-state index in [2.05, 4.69) is 29.8 Å². The minimum absolute atomic E-state index is 0.0503. The second kappa shape index (κ2) is 6.43. The average molecular weight is 350 g/mol. The largest absolute Gasteiger partial charge is 0.359 e. The van der Waals surface area contributed by atoms with Crippen LogP contribution in [-0.2, 0) is 0 Å². The van der Waals surface area contributed by atoms with Gasteiger partial charge in [-0.05, 0) is 9.81 Å². The molecule has 0 unspecified atom stereocenters. The first kappa shape index (κ1) is 15.4. The summed E-state index contributed by atoms with van der Waals surface area (Å²) in [7, 11) is 0. The van der Waals surface area contributed by atoms with Gasteiger partial charge in [-0.2, -0.15) is 0 Å². The average Bonchev–Trinajstić information content (AvgIpc) is 3.23. The molecule has 4 aromatic rings. The predicted octanol–water partition coefficient (Wildman–Crippen LogP) is 2.68. The molecule has 0 atom stereocenters. The SMILES string of the molecule is [O-][n+]1onc(N=Nc2no[n+]([O-])c2-c2ccccc2)c1-c1ccccc1. The van der Waals surface area contributed by atoms with Crippen LogP contribution >= 0.6 is 0 Å². The molecule has 10 nitrogen and oxygen atoms in total. The van der Waals surface area contributed by atoms with Gasteiger partial charge in [0.25, 0.3) is 11.4 Å². The maximum absolute atomic E-state index is 11.8. The molecular weight excluding hydrogens is 340 g/mol. The molecule has 2 heterocycles. The van der Waals surface area contributed by atoms with Crippen molar-refractivity contribution in [2.75, 3.05) is 0 Å². The van der Waals surface area contributed by atoms with Gasteiger partial charge in [-0.25, -0.2) is 0 Å². The molecule has 0 saturated heterocycles. The van der Waals surface area contributed by atoms with Gasteiger partial charge in [0, 0.05) is 11.1 Å². The van der Waals surface area contributed by atoms with Crippen molar-refractivity contribution in [1.29, 1.82) is 0 Å². The summed E-state index contributed by atoms with van der Waals surface area (Å²) in [4.78, 5) is 0.469. The quantitative estimate of drug-likeness (QED) is 0.411. The number of hydrogen-bond acceptors (Lipinski definition) is 8. The Kier molecular flexibility index (Phi) is 3.82. The Balaban J connectivity index is 1.74. The second-order valence-electron chi connectivity index (χ2n) is 5.14. The van der Waals surface area contributed by atoms with Crippen molar-refractivity contribution in [3.05, 3.63) is 71.1 Å². The first-order chi connectivity index (χ1) is 12.7. The lowest BCUT2D eigenvalue weighted by atomic mass is 10.1. The van der Waals surface area contributed by atoms with E-state index in [9.17, 15) is 10.4 Å². The highest BCUT2D eigenvalue weighted by atomic mass is 16.8. The number of benzene rings is 2. The van der Waals surface area contributed by atoms with Crippen molar-refractivity contribution in [2.45, 2.75) is 0 Å². The third kappa shape index (κ3) is 2.75. The summed E-state index contributed by atoms with van der Waals surface area (Å²) in [6.07, 6.45) is 0. The highest BCUT2D eigenvalue weighted by molar-refractivity contribution is 5.67. The summed E-state index contributed by atoms with van der Waals surface area (Å²) in [6, 6.07) is 17.5. The van der Waals surface area contributed by atoms with Crippen LogP contribution in [0.1, 0.15) is 0 Å². The van der Waals surface area contributed by atoms with Gasteiger partial charge in [-0.3, -0.25) is 9.26 Å². The summed E-state index contributed by atoms with van der Waals surface area (Å²) in [5, 5.41) is 38.7. The summed E-state index contributed by atoms with van der Waals surface area (Å²) >= 11 is 0. The van der Waals surface area contributed by atoms with Crippen LogP contribution in [0.15, 0.2) is 80.2 Å². The maximum Gasteiger partial charge on any atom is 0.359 e. The Morgan fingerprint density at radius 1 is 0.654 bits per heavy atom. The molecule has 2 aromatic carbocycles. The number of rotatable bonds is 4. The number of azo groups is 1. The van der Waals surface area contributed by atoms with Crippen molar-refractivity contribution in [1.82, 2.24) is 10.3 Å². The monoisotopic (exact) mass is 350 g/mol. The minimum Gasteiger partial charge on any atom is -0.359 e. The van der Waals surface area contributed by atoms with Gasteiger partial charge in [0.05, 0.1) is 10.3 Å². The van der Waals surface area contributed by atoms with Gasteiger partial charge < -0.3 is 10.4 Å². The van der Waals surface area contributed by atoms with E-state index in [0.29, 0.717) is 11.1 Å². The molecule has 0 spiro atoms. The third-order valence-electron chi connectivity index (χ3n) is 3.53. The van der Waals surface area contributed by atoms with Gasteiger partial charge in [0.2, 0.25) is 0 Å². The molecule has 0 fully saturated rings. The Morgan fingerprint density at radius 2 is 1.04 bits per heavy atom. The number of aromatic nitrogens is 4. The van der Waals surface area contributed by atoms with E-state index in [1.807, 2.05) is 12.1 Å². The first-order valence-electron chi connectivity index (χ1n) is 7.46. The fourth-order valence-corrected chi connectivity index (χ4v) is 2.37. The van der Waals surface area contributed by atoms with Gasteiger partial charge in [0.1, 0.15) is 0 Å². The van der Waals surface area contributed by atoms with Crippen molar-refractivity contribution < 1.29 is 19.1 Å². The molecule has 0 N–H and O–H groups in total. The lowest BCUT2D eigenvalue weighted by Crippen LogP contribution is -2.25. The molecule has 128 valence electrons. The molecule has 0 saturated carbocycles. The summed E-state index contributed by atoms with van der Waals surface area (Å²) < 4.78 is 9.21. The summed E-state index contributed by atoms with van der Waals surface area (Å²) in [5.74, 6) is -0.101. The second-order valence-corrected chi connectivity index (χ2v) is 5.14. The smallest absolute Gasteiger partial charge is 0.359 e. The molecule has 2 aromatic heterocycles. The highest BCUT2D eigenvalue weighted by Gasteiger charge is 2.24. The standard InChI is InChI=1S/C16H10N6O4/c23-21-13(11-7-3-1-4-8-11)15(19-25-21)17-18-16-14(22(24)26-20-16)12-9-5-2-6-10-12/h1-10H.